The van der Waals surface area contributed by atoms with E-state index in [9.17, 15) is 22.8 Å². The molecule has 0 unspecified atom stereocenters. The number of aromatic nitrogens is 2. The molecule has 0 atom stereocenters. The summed E-state index contributed by atoms with van der Waals surface area (Å²) in [6.45, 7) is 1.43. The summed E-state index contributed by atoms with van der Waals surface area (Å²) in [5, 5.41) is 6.77. The van der Waals surface area contributed by atoms with Crippen LogP contribution in [0.1, 0.15) is 59.8 Å². The van der Waals surface area contributed by atoms with Crippen LogP contribution in [0.5, 0.6) is 0 Å². The highest BCUT2D eigenvalue weighted by atomic mass is 35.5. The zero-order valence-electron chi connectivity index (χ0n) is 16.1. The Hall–Kier alpha value is -2.29. The van der Waals surface area contributed by atoms with Crippen LogP contribution < -0.4 is 5.32 Å². The molecule has 0 bridgehead atoms. The van der Waals surface area contributed by atoms with E-state index >= 15 is 0 Å². The van der Waals surface area contributed by atoms with Crippen molar-refractivity contribution in [3.8, 4) is 0 Å². The summed E-state index contributed by atoms with van der Waals surface area (Å²) in [6, 6.07) is 2.72. The van der Waals surface area contributed by atoms with E-state index in [1.807, 2.05) is 0 Å². The number of fused-ring (bicyclic) bond motifs is 1. The maximum absolute atomic E-state index is 13.6. The highest BCUT2D eigenvalue weighted by molar-refractivity contribution is 6.36. The molecule has 1 spiro atoms. The van der Waals surface area contributed by atoms with E-state index in [4.69, 9.17) is 11.6 Å². The quantitative estimate of drug-likeness (QED) is 0.775. The maximum atomic E-state index is 13.6. The van der Waals surface area contributed by atoms with E-state index in [-0.39, 0.29) is 33.5 Å². The molecular weight excluding hydrogens is 421 g/mol. The first-order chi connectivity index (χ1) is 14.2. The zero-order valence-corrected chi connectivity index (χ0v) is 16.8. The van der Waals surface area contributed by atoms with Crippen LogP contribution in [0.4, 0.5) is 13.2 Å². The number of nitrogens with one attached hydrogen (secondary N) is 1. The molecule has 3 aliphatic rings. The molecule has 2 amide bonds. The van der Waals surface area contributed by atoms with Crippen LogP contribution >= 0.6 is 11.6 Å². The summed E-state index contributed by atoms with van der Waals surface area (Å²) in [5.74, 6) is -0.358. The molecule has 2 aromatic rings. The van der Waals surface area contributed by atoms with Crippen molar-refractivity contribution in [2.24, 2.45) is 5.41 Å². The summed E-state index contributed by atoms with van der Waals surface area (Å²) in [6.07, 6.45) is -1.17. The monoisotopic (exact) mass is 440 g/mol. The summed E-state index contributed by atoms with van der Waals surface area (Å²) in [7, 11) is 0. The number of piperidine rings is 1. The molecule has 4 heterocycles. The Balaban J connectivity index is 1.46. The molecule has 5 rings (SSSR count). The van der Waals surface area contributed by atoms with Gasteiger partial charge in [0, 0.05) is 26.1 Å². The van der Waals surface area contributed by atoms with E-state index in [1.54, 1.807) is 11.0 Å². The molecule has 160 valence electrons. The number of carbonyl (C=O) groups excluding carboxylic acids is 2. The lowest BCUT2D eigenvalue weighted by Crippen LogP contribution is -2.44. The van der Waals surface area contributed by atoms with Crippen molar-refractivity contribution in [3.05, 3.63) is 34.1 Å². The van der Waals surface area contributed by atoms with Gasteiger partial charge in [-0.1, -0.05) is 11.6 Å². The first kappa shape index (κ1) is 19.7. The number of alkyl halides is 3. The number of halogens is 4. The normalized spacial score (nSPS) is 21.5. The molecule has 10 heteroatoms. The Morgan fingerprint density at radius 1 is 1.23 bits per heavy atom. The third kappa shape index (κ3) is 3.23. The van der Waals surface area contributed by atoms with Crippen LogP contribution in [-0.2, 0) is 11.0 Å². The highest BCUT2D eigenvalue weighted by Crippen LogP contribution is 2.44. The van der Waals surface area contributed by atoms with Gasteiger partial charge in [-0.2, -0.15) is 18.3 Å². The van der Waals surface area contributed by atoms with Crippen molar-refractivity contribution in [1.82, 2.24) is 19.8 Å². The second-order valence-corrected chi connectivity index (χ2v) is 9.03. The Labute approximate surface area is 175 Å². The van der Waals surface area contributed by atoms with Gasteiger partial charge in [0.25, 0.3) is 5.91 Å². The molecular formula is C20H20ClF3N4O2. The number of amides is 2. The first-order valence-electron chi connectivity index (χ1n) is 10.0. The third-order valence-corrected chi connectivity index (χ3v) is 6.92. The van der Waals surface area contributed by atoms with E-state index in [2.05, 4.69) is 10.4 Å². The molecule has 3 fully saturated rings. The van der Waals surface area contributed by atoms with Gasteiger partial charge in [0.1, 0.15) is 5.69 Å². The van der Waals surface area contributed by atoms with E-state index in [1.165, 1.54) is 0 Å². The largest absolute Gasteiger partial charge is 0.433 e. The van der Waals surface area contributed by atoms with Crippen molar-refractivity contribution in [2.75, 3.05) is 19.6 Å². The van der Waals surface area contributed by atoms with Crippen molar-refractivity contribution < 1.29 is 22.8 Å². The van der Waals surface area contributed by atoms with Gasteiger partial charge in [0.05, 0.1) is 10.5 Å². The van der Waals surface area contributed by atoms with Gasteiger partial charge in [0.2, 0.25) is 5.91 Å². The minimum absolute atomic E-state index is 0.0179. The number of hydrogen-bond acceptors (Lipinski definition) is 3. The molecule has 30 heavy (non-hydrogen) atoms. The lowest BCUT2D eigenvalue weighted by Gasteiger charge is -2.37. The van der Waals surface area contributed by atoms with Crippen molar-refractivity contribution >= 4 is 28.9 Å². The maximum Gasteiger partial charge on any atom is 0.433 e. The van der Waals surface area contributed by atoms with Crippen LogP contribution in [0.25, 0.3) is 5.52 Å². The van der Waals surface area contributed by atoms with Crippen LogP contribution in [0.2, 0.25) is 5.02 Å². The average Bonchev–Trinajstić information content (AvgIpc) is 3.42. The standard InChI is InChI=1S/C20H20ClF3N4O2/c21-16-13-7-12(11-1-2-11)8-14(20(22,23)24)28(13)26-17(16)18(30)27-5-3-19(4-6-27)9-15(29)25-10-19/h7-8,11H,1-6,9-10H2,(H,25,29). The van der Waals surface area contributed by atoms with Gasteiger partial charge in [-0.3, -0.25) is 9.59 Å². The number of pyridine rings is 1. The summed E-state index contributed by atoms with van der Waals surface area (Å²) >= 11 is 6.38. The Kier molecular flexibility index (Phi) is 4.33. The molecule has 2 aliphatic heterocycles. The van der Waals surface area contributed by atoms with E-state index in [0.29, 0.717) is 44.5 Å². The fourth-order valence-corrected chi connectivity index (χ4v) is 4.82. The van der Waals surface area contributed by atoms with E-state index in [0.717, 1.165) is 23.4 Å². The predicted octanol–water partition coefficient (Wildman–Crippen LogP) is 3.63. The van der Waals surface area contributed by atoms with Gasteiger partial charge in [-0.25, -0.2) is 4.52 Å². The molecule has 0 radical (unpaired) electrons. The van der Waals surface area contributed by atoms with Crippen LogP contribution in [-0.4, -0.2) is 46.0 Å². The molecule has 2 saturated heterocycles. The van der Waals surface area contributed by atoms with E-state index < -0.39 is 17.8 Å². The summed E-state index contributed by atoms with van der Waals surface area (Å²) in [4.78, 5) is 26.2. The lowest BCUT2D eigenvalue weighted by atomic mass is 9.77. The minimum atomic E-state index is -4.61. The fraction of sp³-hybridized carbons (Fsp3) is 0.550. The van der Waals surface area contributed by atoms with Gasteiger partial charge >= 0.3 is 6.18 Å². The second-order valence-electron chi connectivity index (χ2n) is 8.65. The molecule has 6 nitrogen and oxygen atoms in total. The molecule has 1 saturated carbocycles. The van der Waals surface area contributed by atoms with Gasteiger partial charge in [0.15, 0.2) is 5.69 Å². The number of hydrogen-bond donors (Lipinski definition) is 1. The van der Waals surface area contributed by atoms with Gasteiger partial charge in [-0.05, 0) is 54.7 Å². The molecule has 2 aromatic heterocycles. The number of carbonyl (C=O) groups is 2. The minimum Gasteiger partial charge on any atom is -0.356 e. The van der Waals surface area contributed by atoms with Crippen LogP contribution in [0.3, 0.4) is 0 Å². The predicted molar refractivity (Wildman–Crippen MR) is 102 cm³/mol. The molecule has 1 N–H and O–H groups in total. The lowest BCUT2D eigenvalue weighted by molar-refractivity contribution is -0.142. The van der Waals surface area contributed by atoms with Crippen LogP contribution in [0.15, 0.2) is 12.1 Å². The molecule has 0 aromatic carbocycles. The number of rotatable bonds is 2. The Morgan fingerprint density at radius 2 is 1.93 bits per heavy atom. The molecule has 1 aliphatic carbocycles. The van der Waals surface area contributed by atoms with Crippen molar-refractivity contribution in [3.63, 3.8) is 0 Å². The Morgan fingerprint density at radius 3 is 2.50 bits per heavy atom. The van der Waals surface area contributed by atoms with Crippen LogP contribution in [0, 0.1) is 5.41 Å². The average molecular weight is 441 g/mol. The first-order valence-corrected chi connectivity index (χ1v) is 10.4. The third-order valence-electron chi connectivity index (χ3n) is 6.55. The van der Waals surface area contributed by atoms with Gasteiger partial charge < -0.3 is 10.2 Å². The smallest absolute Gasteiger partial charge is 0.356 e. The fourth-order valence-electron chi connectivity index (χ4n) is 4.57. The second kappa shape index (κ2) is 6.60. The van der Waals surface area contributed by atoms with Gasteiger partial charge in [-0.15, -0.1) is 0 Å². The SMILES string of the molecule is O=C1CC2(CCN(C(=O)c3nn4c(C(F)(F)F)cc(C5CC5)cc4c3Cl)CC2)CN1. The van der Waals surface area contributed by atoms with Crippen molar-refractivity contribution in [1.29, 1.82) is 0 Å². The topological polar surface area (TPSA) is 66.7 Å². The number of likely N-dealkylation sites (tertiary alicyclic amines) is 1. The highest BCUT2D eigenvalue weighted by Gasteiger charge is 2.43. The van der Waals surface area contributed by atoms with Crippen molar-refractivity contribution in [2.45, 2.75) is 44.2 Å². The summed E-state index contributed by atoms with van der Waals surface area (Å²) < 4.78 is 41.7. The number of nitrogens with zero attached hydrogens (tertiary/aromatic N) is 3. The zero-order chi connectivity index (χ0) is 21.3. The summed E-state index contributed by atoms with van der Waals surface area (Å²) in [5.41, 5.74) is -0.536. The Bertz CT molecular complexity index is 1050.